The van der Waals surface area contributed by atoms with E-state index in [9.17, 15) is 4.79 Å². The van der Waals surface area contributed by atoms with E-state index in [4.69, 9.17) is 5.11 Å². The number of H-pyrrole nitrogens is 1. The molecule has 0 unspecified atom stereocenters. The summed E-state index contributed by atoms with van der Waals surface area (Å²) in [5.41, 5.74) is 2.32. The number of carboxylic acids is 1. The molecule has 0 saturated heterocycles. The molecular formula is C11H11NO2. The van der Waals surface area contributed by atoms with Crippen LogP contribution >= 0.6 is 0 Å². The van der Waals surface area contributed by atoms with E-state index in [1.165, 1.54) is 0 Å². The molecule has 0 fully saturated rings. The maximum Gasteiger partial charge on any atom is 0.336 e. The van der Waals surface area contributed by atoms with Gasteiger partial charge >= 0.3 is 5.97 Å². The van der Waals surface area contributed by atoms with Gasteiger partial charge in [0.25, 0.3) is 0 Å². The maximum atomic E-state index is 11.0. The molecule has 1 aromatic heterocycles. The second-order valence-electron chi connectivity index (χ2n) is 3.20. The van der Waals surface area contributed by atoms with Gasteiger partial charge in [-0.05, 0) is 24.1 Å². The second-order valence-corrected chi connectivity index (χ2v) is 3.20. The van der Waals surface area contributed by atoms with Crippen molar-refractivity contribution >= 4 is 16.9 Å². The zero-order chi connectivity index (χ0) is 10.1. The van der Waals surface area contributed by atoms with E-state index >= 15 is 0 Å². The van der Waals surface area contributed by atoms with Crippen molar-refractivity contribution in [2.24, 2.45) is 0 Å². The van der Waals surface area contributed by atoms with Crippen LogP contribution in [0.5, 0.6) is 0 Å². The first-order chi connectivity index (χ1) is 6.74. The molecule has 3 heteroatoms. The molecule has 0 aliphatic rings. The molecule has 72 valence electrons. The molecule has 3 nitrogen and oxygen atoms in total. The molecule has 0 spiro atoms. The number of fused-ring (bicyclic) bond motifs is 1. The molecule has 1 aromatic carbocycles. The van der Waals surface area contributed by atoms with Crippen LogP contribution < -0.4 is 0 Å². The molecule has 0 aliphatic heterocycles. The molecule has 14 heavy (non-hydrogen) atoms. The van der Waals surface area contributed by atoms with Crippen LogP contribution in [0.15, 0.2) is 24.4 Å². The number of benzene rings is 1. The minimum atomic E-state index is -0.870. The van der Waals surface area contributed by atoms with Gasteiger partial charge in [-0.3, -0.25) is 0 Å². The lowest BCUT2D eigenvalue weighted by Crippen LogP contribution is -1.97. The fraction of sp³-hybridized carbons (Fsp3) is 0.182. The number of rotatable bonds is 2. The van der Waals surface area contributed by atoms with Crippen LogP contribution in [-0.4, -0.2) is 16.1 Å². The number of hydrogen-bond acceptors (Lipinski definition) is 1. The van der Waals surface area contributed by atoms with Crippen molar-refractivity contribution < 1.29 is 9.90 Å². The summed E-state index contributed by atoms with van der Waals surface area (Å²) in [6.07, 6.45) is 2.71. The summed E-state index contributed by atoms with van der Waals surface area (Å²) in [7, 11) is 0. The summed E-state index contributed by atoms with van der Waals surface area (Å²) in [5.74, 6) is -0.870. The molecule has 0 saturated carbocycles. The van der Waals surface area contributed by atoms with E-state index in [1.807, 2.05) is 19.2 Å². The van der Waals surface area contributed by atoms with Crippen molar-refractivity contribution in [2.45, 2.75) is 13.3 Å². The van der Waals surface area contributed by atoms with Crippen molar-refractivity contribution in [1.82, 2.24) is 4.98 Å². The first-order valence-electron chi connectivity index (χ1n) is 4.56. The Kier molecular flexibility index (Phi) is 2.00. The molecule has 0 radical (unpaired) electrons. The minimum absolute atomic E-state index is 0.376. The molecule has 2 N–H and O–H groups in total. The lowest BCUT2D eigenvalue weighted by molar-refractivity contribution is 0.0699. The smallest absolute Gasteiger partial charge is 0.336 e. The molecule has 0 amide bonds. The standard InChI is InChI=1S/C11H11NO2/c1-2-7-6-12-9-5-3-4-8(10(7)9)11(13)14/h3-6,12H,2H2,1H3,(H,13,14). The second kappa shape index (κ2) is 3.18. The molecule has 0 atom stereocenters. The van der Waals surface area contributed by atoms with Gasteiger partial charge in [0.1, 0.15) is 0 Å². The summed E-state index contributed by atoms with van der Waals surface area (Å²) < 4.78 is 0. The van der Waals surface area contributed by atoms with E-state index < -0.39 is 5.97 Å². The predicted octanol–water partition coefficient (Wildman–Crippen LogP) is 2.43. The summed E-state index contributed by atoms with van der Waals surface area (Å²) in [6.45, 7) is 2.02. The first-order valence-corrected chi connectivity index (χ1v) is 4.56. The number of aromatic amines is 1. The Morgan fingerprint density at radius 2 is 2.29 bits per heavy atom. The van der Waals surface area contributed by atoms with E-state index in [1.54, 1.807) is 12.1 Å². The fourth-order valence-electron chi connectivity index (χ4n) is 1.71. The Hall–Kier alpha value is -1.77. The molecule has 2 aromatic rings. The fourth-order valence-corrected chi connectivity index (χ4v) is 1.71. The number of carboxylic acid groups (broad SMARTS) is 1. The van der Waals surface area contributed by atoms with Crippen molar-refractivity contribution in [3.8, 4) is 0 Å². The van der Waals surface area contributed by atoms with Crippen molar-refractivity contribution in [2.75, 3.05) is 0 Å². The summed E-state index contributed by atoms with van der Waals surface area (Å²) >= 11 is 0. The molecule has 0 aliphatic carbocycles. The van der Waals surface area contributed by atoms with E-state index in [2.05, 4.69) is 4.98 Å². The van der Waals surface area contributed by atoms with E-state index in [0.29, 0.717) is 5.56 Å². The van der Waals surface area contributed by atoms with Gasteiger partial charge in [0.15, 0.2) is 0 Å². The van der Waals surface area contributed by atoms with Gasteiger partial charge in [0.05, 0.1) is 5.56 Å². The largest absolute Gasteiger partial charge is 0.478 e. The highest BCUT2D eigenvalue weighted by Crippen LogP contribution is 2.22. The normalized spacial score (nSPS) is 10.6. The lowest BCUT2D eigenvalue weighted by atomic mass is 10.1. The maximum absolute atomic E-state index is 11.0. The topological polar surface area (TPSA) is 53.1 Å². The Bertz CT molecular complexity index is 485. The molecule has 1 heterocycles. The Balaban J connectivity index is 2.81. The van der Waals surface area contributed by atoms with Gasteiger partial charge in [-0.1, -0.05) is 13.0 Å². The van der Waals surface area contributed by atoms with Crippen molar-refractivity contribution in [3.63, 3.8) is 0 Å². The number of hydrogen-bond donors (Lipinski definition) is 2. The summed E-state index contributed by atoms with van der Waals surface area (Å²) in [6, 6.07) is 5.28. The summed E-state index contributed by atoms with van der Waals surface area (Å²) in [4.78, 5) is 14.0. The monoisotopic (exact) mass is 189 g/mol. The Morgan fingerprint density at radius 3 is 2.93 bits per heavy atom. The molecular weight excluding hydrogens is 178 g/mol. The van der Waals surface area contributed by atoms with Crippen LogP contribution in [-0.2, 0) is 6.42 Å². The van der Waals surface area contributed by atoms with Crippen LogP contribution in [0.25, 0.3) is 10.9 Å². The van der Waals surface area contributed by atoms with Crippen LogP contribution in [0, 0.1) is 0 Å². The Morgan fingerprint density at radius 1 is 1.50 bits per heavy atom. The first kappa shape index (κ1) is 8.81. The summed E-state index contributed by atoms with van der Waals surface area (Å²) in [5, 5.41) is 9.84. The minimum Gasteiger partial charge on any atom is -0.478 e. The highest BCUT2D eigenvalue weighted by Gasteiger charge is 2.11. The predicted molar refractivity (Wildman–Crippen MR) is 54.6 cm³/mol. The van der Waals surface area contributed by atoms with Crippen molar-refractivity contribution in [1.29, 1.82) is 0 Å². The molecule has 0 bridgehead atoms. The third kappa shape index (κ3) is 1.18. The van der Waals surface area contributed by atoms with Crippen LogP contribution in [0.3, 0.4) is 0 Å². The third-order valence-electron chi connectivity index (χ3n) is 2.40. The van der Waals surface area contributed by atoms with Gasteiger partial charge in [0.2, 0.25) is 0 Å². The number of aromatic nitrogens is 1. The van der Waals surface area contributed by atoms with Crippen molar-refractivity contribution in [3.05, 3.63) is 35.5 Å². The highest BCUT2D eigenvalue weighted by molar-refractivity contribution is 6.04. The SMILES string of the molecule is CCc1c[nH]c2cccc(C(=O)O)c12. The average molecular weight is 189 g/mol. The van der Waals surface area contributed by atoms with Gasteiger partial charge in [0, 0.05) is 17.1 Å². The number of nitrogens with one attached hydrogen (secondary N) is 1. The van der Waals surface area contributed by atoms with E-state index in [-0.39, 0.29) is 0 Å². The van der Waals surface area contributed by atoms with Crippen LogP contribution in [0.4, 0.5) is 0 Å². The lowest BCUT2D eigenvalue weighted by Gasteiger charge is -1.99. The van der Waals surface area contributed by atoms with Gasteiger partial charge < -0.3 is 10.1 Å². The van der Waals surface area contributed by atoms with E-state index in [0.717, 1.165) is 22.9 Å². The zero-order valence-electron chi connectivity index (χ0n) is 7.87. The van der Waals surface area contributed by atoms with Crippen LogP contribution in [0.2, 0.25) is 0 Å². The number of aryl methyl sites for hydroxylation is 1. The Labute approximate surface area is 81.4 Å². The number of carbonyl (C=O) groups is 1. The quantitative estimate of drug-likeness (QED) is 0.762. The number of aromatic carboxylic acids is 1. The van der Waals surface area contributed by atoms with Gasteiger partial charge in [-0.25, -0.2) is 4.79 Å². The highest BCUT2D eigenvalue weighted by atomic mass is 16.4. The van der Waals surface area contributed by atoms with Crippen LogP contribution in [0.1, 0.15) is 22.8 Å². The molecule has 2 rings (SSSR count). The third-order valence-corrected chi connectivity index (χ3v) is 2.40. The van der Waals surface area contributed by atoms with Gasteiger partial charge in [-0.2, -0.15) is 0 Å². The average Bonchev–Trinajstić information content (AvgIpc) is 2.59. The van der Waals surface area contributed by atoms with Gasteiger partial charge in [-0.15, -0.1) is 0 Å². The zero-order valence-corrected chi connectivity index (χ0v) is 7.87.